The van der Waals surface area contributed by atoms with Gasteiger partial charge in [0, 0.05) is 26.9 Å². The number of piperidine rings is 1. The van der Waals surface area contributed by atoms with Crippen LogP contribution in [-0.4, -0.2) is 32.0 Å². The van der Waals surface area contributed by atoms with Crippen molar-refractivity contribution in [3.8, 4) is 0 Å². The van der Waals surface area contributed by atoms with E-state index in [-0.39, 0.29) is 18.0 Å². The van der Waals surface area contributed by atoms with Gasteiger partial charge in [0.15, 0.2) is 0 Å². The third-order valence-corrected chi connectivity index (χ3v) is 3.91. The topological polar surface area (TPSA) is 136 Å². The first-order valence-electron chi connectivity index (χ1n) is 7.69. The van der Waals surface area contributed by atoms with Gasteiger partial charge in [-0.15, -0.1) is 0 Å². The molecule has 134 valence electrons. The Morgan fingerprint density at radius 2 is 1.96 bits per heavy atom. The molecule has 1 aliphatic rings. The van der Waals surface area contributed by atoms with Crippen molar-refractivity contribution in [3.63, 3.8) is 0 Å². The maximum Gasteiger partial charge on any atom is 0.329 e. The van der Waals surface area contributed by atoms with E-state index in [0.717, 1.165) is 18.0 Å². The predicted molar refractivity (Wildman–Crippen MR) is 89.8 cm³/mol. The fraction of sp³-hybridized carbons (Fsp3) is 0.375. The monoisotopic (exact) mass is 348 g/mol. The SMILES string of the molecule is CC(=O)O.Cn1c(=O)n(C2CCC(=O)NC2=O)c2ccc(CN)cc21. The number of hydrogen-bond acceptors (Lipinski definition) is 5. The van der Waals surface area contributed by atoms with Gasteiger partial charge in [-0.25, -0.2) is 4.79 Å². The van der Waals surface area contributed by atoms with E-state index < -0.39 is 17.9 Å². The summed E-state index contributed by atoms with van der Waals surface area (Å²) < 4.78 is 2.95. The van der Waals surface area contributed by atoms with E-state index in [2.05, 4.69) is 5.32 Å². The third kappa shape index (κ3) is 3.77. The lowest BCUT2D eigenvalue weighted by atomic mass is 10.1. The number of hydrogen-bond donors (Lipinski definition) is 3. The number of imide groups is 1. The van der Waals surface area contributed by atoms with Gasteiger partial charge in [0.1, 0.15) is 6.04 Å². The third-order valence-electron chi connectivity index (χ3n) is 3.91. The molecule has 9 nitrogen and oxygen atoms in total. The number of rotatable bonds is 2. The van der Waals surface area contributed by atoms with Crippen molar-refractivity contribution < 1.29 is 19.5 Å². The van der Waals surface area contributed by atoms with Gasteiger partial charge in [0.05, 0.1) is 11.0 Å². The highest BCUT2D eigenvalue weighted by atomic mass is 16.4. The van der Waals surface area contributed by atoms with Crippen LogP contribution in [0.3, 0.4) is 0 Å². The summed E-state index contributed by atoms with van der Waals surface area (Å²) in [5.74, 6) is -1.56. The molecular weight excluding hydrogens is 328 g/mol. The van der Waals surface area contributed by atoms with E-state index in [1.165, 1.54) is 9.13 Å². The van der Waals surface area contributed by atoms with Crippen molar-refractivity contribution in [2.75, 3.05) is 0 Å². The molecule has 1 atom stereocenters. The predicted octanol–water partition coefficient (Wildman–Crippen LogP) is -0.133. The summed E-state index contributed by atoms with van der Waals surface area (Å²) in [5.41, 5.74) is 7.67. The molecule has 9 heteroatoms. The maximum atomic E-state index is 12.4. The molecule has 1 unspecified atom stereocenters. The molecule has 0 bridgehead atoms. The minimum Gasteiger partial charge on any atom is -0.481 e. The number of nitrogens with two attached hydrogens (primary N) is 1. The zero-order valence-corrected chi connectivity index (χ0v) is 14.0. The minimum atomic E-state index is -0.833. The molecule has 1 aromatic carbocycles. The second-order valence-electron chi connectivity index (χ2n) is 5.72. The standard InChI is InChI=1S/C14H16N4O3.C2H4O2/c1-17-11-6-8(7-15)2-3-9(11)18(14(17)21)10-4-5-12(19)16-13(10)20;1-2(3)4/h2-3,6,10H,4-5,7,15H2,1H3,(H,16,19,20);1H3,(H,3,4). The summed E-state index contributed by atoms with van der Waals surface area (Å²) in [6.45, 7) is 1.47. The van der Waals surface area contributed by atoms with Crippen LogP contribution < -0.4 is 16.7 Å². The first kappa shape index (κ1) is 18.4. The van der Waals surface area contributed by atoms with E-state index in [9.17, 15) is 14.4 Å². The Kier molecular flexibility index (Phi) is 5.38. The van der Waals surface area contributed by atoms with Crippen molar-refractivity contribution in [3.05, 3.63) is 34.2 Å². The highest BCUT2D eigenvalue weighted by Gasteiger charge is 2.31. The molecule has 2 aromatic rings. The van der Waals surface area contributed by atoms with Gasteiger partial charge in [-0.2, -0.15) is 0 Å². The average Bonchev–Trinajstić information content (AvgIpc) is 2.78. The number of carbonyl (C=O) groups excluding carboxylic acids is 2. The van der Waals surface area contributed by atoms with Crippen LogP contribution in [0.25, 0.3) is 11.0 Å². The molecule has 1 saturated heterocycles. The Morgan fingerprint density at radius 1 is 1.32 bits per heavy atom. The number of aromatic nitrogens is 2. The van der Waals surface area contributed by atoms with E-state index in [4.69, 9.17) is 15.6 Å². The van der Waals surface area contributed by atoms with Gasteiger partial charge in [-0.3, -0.25) is 28.8 Å². The van der Waals surface area contributed by atoms with Crippen LogP contribution >= 0.6 is 0 Å². The smallest absolute Gasteiger partial charge is 0.329 e. The highest BCUT2D eigenvalue weighted by molar-refractivity contribution is 6.00. The lowest BCUT2D eigenvalue weighted by molar-refractivity contribution is -0.136. The van der Waals surface area contributed by atoms with E-state index in [1.54, 1.807) is 13.1 Å². The Morgan fingerprint density at radius 3 is 2.52 bits per heavy atom. The van der Waals surface area contributed by atoms with Crippen LogP contribution in [0.2, 0.25) is 0 Å². The second-order valence-corrected chi connectivity index (χ2v) is 5.72. The van der Waals surface area contributed by atoms with Gasteiger partial charge in [0.25, 0.3) is 5.97 Å². The van der Waals surface area contributed by atoms with Crippen LogP contribution in [0.15, 0.2) is 23.0 Å². The number of carboxylic acid groups (broad SMARTS) is 1. The minimum absolute atomic E-state index is 0.236. The van der Waals surface area contributed by atoms with Gasteiger partial charge in [-0.05, 0) is 24.1 Å². The molecule has 0 spiro atoms. The molecule has 4 N–H and O–H groups in total. The van der Waals surface area contributed by atoms with Crippen molar-refractivity contribution in [2.24, 2.45) is 12.8 Å². The first-order valence-corrected chi connectivity index (χ1v) is 7.69. The molecule has 3 rings (SSSR count). The largest absolute Gasteiger partial charge is 0.481 e. The van der Waals surface area contributed by atoms with E-state index >= 15 is 0 Å². The number of aryl methyl sites for hydroxylation is 1. The number of aliphatic carboxylic acids is 1. The van der Waals surface area contributed by atoms with Gasteiger partial charge < -0.3 is 10.8 Å². The average molecular weight is 348 g/mol. The van der Waals surface area contributed by atoms with Crippen LogP contribution in [0.1, 0.15) is 31.4 Å². The second kappa shape index (κ2) is 7.31. The number of carboxylic acids is 1. The Labute approximate surface area is 143 Å². The van der Waals surface area contributed by atoms with Gasteiger partial charge >= 0.3 is 5.69 Å². The fourth-order valence-corrected chi connectivity index (χ4v) is 2.77. The lowest BCUT2D eigenvalue weighted by Gasteiger charge is -2.21. The molecule has 1 fully saturated rings. The van der Waals surface area contributed by atoms with Gasteiger partial charge in [0.2, 0.25) is 11.8 Å². The Bertz CT molecular complexity index is 892. The zero-order valence-electron chi connectivity index (χ0n) is 14.0. The lowest BCUT2D eigenvalue weighted by Crippen LogP contribution is -2.44. The summed E-state index contributed by atoms with van der Waals surface area (Å²) >= 11 is 0. The van der Waals surface area contributed by atoms with Crippen molar-refractivity contribution in [1.29, 1.82) is 0 Å². The van der Waals surface area contributed by atoms with Gasteiger partial charge in [-0.1, -0.05) is 6.07 Å². The Balaban J connectivity index is 0.000000511. The zero-order chi connectivity index (χ0) is 18.7. The number of amides is 2. The molecule has 0 radical (unpaired) electrons. The molecule has 2 heterocycles. The molecule has 25 heavy (non-hydrogen) atoms. The normalized spacial score (nSPS) is 17.0. The number of carbonyl (C=O) groups is 3. The quantitative estimate of drug-likeness (QED) is 0.647. The Hall–Kier alpha value is -2.94. The first-order chi connectivity index (χ1) is 11.8. The summed E-state index contributed by atoms with van der Waals surface area (Å²) in [7, 11) is 1.66. The van der Waals surface area contributed by atoms with Crippen molar-refractivity contribution in [2.45, 2.75) is 32.4 Å². The number of nitrogens with one attached hydrogen (secondary N) is 1. The van der Waals surface area contributed by atoms with Crippen LogP contribution in [0.5, 0.6) is 0 Å². The molecule has 1 aliphatic heterocycles. The molecular formula is C16H20N4O5. The summed E-state index contributed by atoms with van der Waals surface area (Å²) in [5, 5.41) is 9.70. The van der Waals surface area contributed by atoms with Crippen molar-refractivity contribution in [1.82, 2.24) is 14.5 Å². The number of fused-ring (bicyclic) bond motifs is 1. The molecule has 0 aliphatic carbocycles. The van der Waals surface area contributed by atoms with Crippen molar-refractivity contribution >= 4 is 28.8 Å². The maximum absolute atomic E-state index is 12.4. The van der Waals surface area contributed by atoms with Crippen LogP contribution in [0.4, 0.5) is 0 Å². The van der Waals surface area contributed by atoms with E-state index in [0.29, 0.717) is 18.5 Å². The van der Waals surface area contributed by atoms with Crippen LogP contribution in [-0.2, 0) is 28.0 Å². The summed E-state index contributed by atoms with van der Waals surface area (Å²) in [4.78, 5) is 44.7. The molecule has 1 aromatic heterocycles. The fourth-order valence-electron chi connectivity index (χ4n) is 2.77. The number of imidazole rings is 1. The number of nitrogens with zero attached hydrogens (tertiary/aromatic N) is 2. The summed E-state index contributed by atoms with van der Waals surface area (Å²) in [6.07, 6.45) is 0.572. The molecule has 2 amide bonds. The summed E-state index contributed by atoms with van der Waals surface area (Å²) in [6, 6.07) is 4.83. The highest BCUT2D eigenvalue weighted by Crippen LogP contribution is 2.23. The number of benzene rings is 1. The molecule has 0 saturated carbocycles. The van der Waals surface area contributed by atoms with E-state index in [1.807, 2.05) is 12.1 Å². The van der Waals surface area contributed by atoms with Crippen LogP contribution in [0, 0.1) is 0 Å².